The fourth-order valence-electron chi connectivity index (χ4n) is 4.29. The predicted molar refractivity (Wildman–Crippen MR) is 124 cm³/mol. The number of benzene rings is 1. The van der Waals surface area contributed by atoms with Crippen molar-refractivity contribution >= 4 is 28.3 Å². The van der Waals surface area contributed by atoms with Crippen molar-refractivity contribution in [2.45, 2.75) is 32.0 Å². The highest BCUT2D eigenvalue weighted by Gasteiger charge is 2.31. The average molecular weight is 484 g/mol. The molecule has 1 fully saturated rings. The number of likely N-dealkylation sites (tertiary alicyclic amines) is 1. The summed E-state index contributed by atoms with van der Waals surface area (Å²) in [6.07, 6.45) is -0.287. The molecule has 4 heterocycles. The third kappa shape index (κ3) is 4.71. The van der Waals surface area contributed by atoms with Gasteiger partial charge in [0.1, 0.15) is 11.7 Å². The molecule has 8 nitrogen and oxygen atoms in total. The van der Waals surface area contributed by atoms with Crippen LogP contribution in [0.15, 0.2) is 48.8 Å². The molecule has 1 aliphatic heterocycles. The van der Waals surface area contributed by atoms with E-state index in [1.54, 1.807) is 18.5 Å². The summed E-state index contributed by atoms with van der Waals surface area (Å²) in [6, 6.07) is 10.6. The van der Waals surface area contributed by atoms with Gasteiger partial charge in [-0.1, -0.05) is 12.1 Å². The summed E-state index contributed by atoms with van der Waals surface area (Å²) in [5, 5.41) is 8.29. The molecule has 1 aromatic carbocycles. The lowest BCUT2D eigenvalue weighted by atomic mass is 10.0. The number of nitrogens with one attached hydrogen (secondary N) is 1. The van der Waals surface area contributed by atoms with Crippen LogP contribution in [-0.4, -0.2) is 68.7 Å². The second-order valence-corrected chi connectivity index (χ2v) is 8.40. The molecule has 35 heavy (non-hydrogen) atoms. The minimum absolute atomic E-state index is 0.0333. The Bertz CT molecular complexity index is 1380. The van der Waals surface area contributed by atoms with Gasteiger partial charge in [0.2, 0.25) is 17.7 Å². The molecule has 2 atom stereocenters. The molecule has 1 saturated heterocycles. The van der Waals surface area contributed by atoms with Crippen molar-refractivity contribution in [2.24, 2.45) is 0 Å². The van der Waals surface area contributed by atoms with E-state index in [9.17, 15) is 18.0 Å². The van der Waals surface area contributed by atoms with Gasteiger partial charge < -0.3 is 15.0 Å². The van der Waals surface area contributed by atoms with E-state index < -0.39 is 25.2 Å². The molecule has 5 rings (SSSR count). The van der Waals surface area contributed by atoms with Gasteiger partial charge in [-0.3, -0.25) is 9.78 Å². The largest absolute Gasteiger partial charge is 0.470 e. The van der Waals surface area contributed by atoms with E-state index in [1.165, 1.54) is 16.3 Å². The van der Waals surface area contributed by atoms with Gasteiger partial charge in [-0.15, -0.1) is 5.10 Å². The molecule has 182 valence electrons. The number of fused-ring (bicyclic) bond motifs is 2. The number of alkyl halides is 3. The lowest BCUT2D eigenvalue weighted by Gasteiger charge is -2.34. The number of anilines is 1. The monoisotopic (exact) mass is 484 g/mol. The zero-order chi connectivity index (χ0) is 24.5. The summed E-state index contributed by atoms with van der Waals surface area (Å²) in [6.45, 7) is 0.921. The van der Waals surface area contributed by atoms with E-state index >= 15 is 0 Å². The minimum atomic E-state index is -2.70. The molecule has 1 N–H and O–H groups in total. The highest BCUT2D eigenvalue weighted by Crippen LogP contribution is 2.33. The maximum absolute atomic E-state index is 14.7. The van der Waals surface area contributed by atoms with Crippen LogP contribution in [0, 0.1) is 0 Å². The van der Waals surface area contributed by atoms with Crippen LogP contribution < -0.4 is 10.1 Å². The minimum Gasteiger partial charge on any atom is -0.470 e. The number of carbonyl (C=O) groups is 1. The molecule has 4 aromatic rings. The number of carbonyl (C=O) groups excluding carboxylic acids is 1. The first-order valence-corrected chi connectivity index (χ1v) is 11.2. The van der Waals surface area contributed by atoms with Crippen LogP contribution in [0.5, 0.6) is 5.88 Å². The third-order valence-corrected chi connectivity index (χ3v) is 6.04. The van der Waals surface area contributed by atoms with Crippen molar-refractivity contribution in [3.63, 3.8) is 0 Å². The summed E-state index contributed by atoms with van der Waals surface area (Å²) in [7, 11) is 0. The summed E-state index contributed by atoms with van der Waals surface area (Å²) in [4.78, 5) is 21.6. The normalized spacial score (nSPS) is 18.4. The van der Waals surface area contributed by atoms with Crippen molar-refractivity contribution in [1.29, 1.82) is 0 Å². The molecule has 0 bridgehead atoms. The van der Waals surface area contributed by atoms with E-state index in [1.807, 2.05) is 30.3 Å². The Morgan fingerprint density at radius 2 is 2.14 bits per heavy atom. The number of halogens is 3. The summed E-state index contributed by atoms with van der Waals surface area (Å²) in [5.74, 6) is -0.169. The van der Waals surface area contributed by atoms with Crippen LogP contribution in [-0.2, 0) is 4.79 Å². The first kappa shape index (κ1) is 22.9. The Balaban J connectivity index is 1.50. The molecule has 1 aliphatic rings. The Morgan fingerprint density at radius 1 is 1.29 bits per heavy atom. The number of pyridine rings is 1. The summed E-state index contributed by atoms with van der Waals surface area (Å²) >= 11 is 0. The highest BCUT2D eigenvalue weighted by molar-refractivity contribution is 5.90. The number of hydrogen-bond donors (Lipinski definition) is 1. The Morgan fingerprint density at radius 3 is 2.91 bits per heavy atom. The Kier molecular flexibility index (Phi) is 6.14. The van der Waals surface area contributed by atoms with Gasteiger partial charge in [-0.2, -0.15) is 4.98 Å². The lowest BCUT2D eigenvalue weighted by molar-refractivity contribution is -0.131. The molecule has 0 unspecified atom stereocenters. The van der Waals surface area contributed by atoms with E-state index in [0.717, 1.165) is 16.5 Å². The predicted octanol–water partition coefficient (Wildman–Crippen LogP) is 3.96. The molecule has 1 amide bonds. The van der Waals surface area contributed by atoms with E-state index in [4.69, 9.17) is 4.74 Å². The molecular formula is C24H23F3N6O2. The lowest BCUT2D eigenvalue weighted by Crippen LogP contribution is -2.49. The number of rotatable bonds is 6. The Labute approximate surface area is 198 Å². The van der Waals surface area contributed by atoms with Crippen molar-refractivity contribution in [3.8, 4) is 17.0 Å². The number of ether oxygens (including phenoxy) is 1. The van der Waals surface area contributed by atoms with Crippen LogP contribution in [0.3, 0.4) is 0 Å². The van der Waals surface area contributed by atoms with Crippen molar-refractivity contribution < 1.29 is 22.7 Å². The number of hydrogen-bond acceptors (Lipinski definition) is 6. The van der Waals surface area contributed by atoms with Gasteiger partial charge in [-0.25, -0.2) is 17.7 Å². The molecule has 0 spiro atoms. The number of piperidine rings is 1. The first-order valence-electron chi connectivity index (χ1n) is 11.2. The second-order valence-electron chi connectivity index (χ2n) is 8.40. The van der Waals surface area contributed by atoms with Gasteiger partial charge in [0.05, 0.1) is 18.1 Å². The highest BCUT2D eigenvalue weighted by atomic mass is 19.3. The molecule has 0 aliphatic carbocycles. The molecule has 0 radical (unpaired) electrons. The van der Waals surface area contributed by atoms with Gasteiger partial charge in [0.25, 0.3) is 6.43 Å². The first-order chi connectivity index (χ1) is 16.9. The average Bonchev–Trinajstić information content (AvgIpc) is 3.27. The van der Waals surface area contributed by atoms with Gasteiger partial charge >= 0.3 is 0 Å². The van der Waals surface area contributed by atoms with Crippen LogP contribution in [0.1, 0.15) is 13.3 Å². The van der Waals surface area contributed by atoms with Crippen LogP contribution in [0.2, 0.25) is 0 Å². The number of nitrogens with zero attached hydrogens (tertiary/aromatic N) is 5. The van der Waals surface area contributed by atoms with Gasteiger partial charge in [0.15, 0.2) is 6.61 Å². The quantitative estimate of drug-likeness (QED) is 0.446. The molecule has 11 heteroatoms. The third-order valence-electron chi connectivity index (χ3n) is 6.04. The van der Waals surface area contributed by atoms with Crippen molar-refractivity contribution in [2.75, 3.05) is 25.0 Å². The maximum atomic E-state index is 14.7. The van der Waals surface area contributed by atoms with Crippen LogP contribution in [0.4, 0.5) is 19.1 Å². The van der Waals surface area contributed by atoms with E-state index in [-0.39, 0.29) is 24.3 Å². The zero-order valence-corrected chi connectivity index (χ0v) is 18.9. The standard InChI is InChI=1S/C24H23F3N6O2/c1-14(34)32-9-7-20(18(25)12-32)29-24-30-23(35-13-21(26)27)22-17(6-10-33(22)31-24)15-4-5-19-16(11-15)3-2-8-28-19/h2-6,8,10-11,18,20-21H,7,9,12-13H2,1H3,(H,29,31)/t18-,20+/m1/s1. The number of aromatic nitrogens is 4. The smallest absolute Gasteiger partial charge is 0.272 e. The number of amides is 1. The van der Waals surface area contributed by atoms with E-state index in [2.05, 4.69) is 20.4 Å². The van der Waals surface area contributed by atoms with Crippen molar-refractivity contribution in [1.82, 2.24) is 24.5 Å². The van der Waals surface area contributed by atoms with Gasteiger partial charge in [0, 0.05) is 36.8 Å². The molecule has 0 saturated carbocycles. The summed E-state index contributed by atoms with van der Waals surface area (Å²) in [5.41, 5.74) is 2.76. The van der Waals surface area contributed by atoms with Gasteiger partial charge in [-0.05, 0) is 36.2 Å². The SMILES string of the molecule is CC(=O)N1CC[C@H](Nc2nc(OCC(F)F)c3c(-c4ccc5ncccc5c4)ccn3n2)[C@H](F)C1. The van der Waals surface area contributed by atoms with Crippen molar-refractivity contribution in [3.05, 3.63) is 48.8 Å². The van der Waals surface area contributed by atoms with E-state index in [0.29, 0.717) is 24.0 Å². The molecular weight excluding hydrogens is 461 g/mol. The fraction of sp³-hybridized carbons (Fsp3) is 0.333. The summed E-state index contributed by atoms with van der Waals surface area (Å²) < 4.78 is 47.5. The maximum Gasteiger partial charge on any atom is 0.272 e. The Hall–Kier alpha value is -3.89. The second kappa shape index (κ2) is 9.40. The topological polar surface area (TPSA) is 84.7 Å². The van der Waals surface area contributed by atoms with Crippen LogP contribution in [0.25, 0.3) is 27.5 Å². The molecule has 3 aromatic heterocycles. The fourth-order valence-corrected chi connectivity index (χ4v) is 4.29. The van der Waals surface area contributed by atoms with Crippen LogP contribution >= 0.6 is 0 Å². The zero-order valence-electron chi connectivity index (χ0n) is 18.9.